The molecule has 8 heterocycles. The van der Waals surface area contributed by atoms with Crippen molar-refractivity contribution in [3.8, 4) is 66.7 Å². The van der Waals surface area contributed by atoms with E-state index in [1.807, 2.05) is 85.1 Å². The molecule has 8 aromatic heterocycles. The molecule has 2 aliphatic carbocycles. The van der Waals surface area contributed by atoms with E-state index in [2.05, 4.69) is 297 Å². The average Bonchev–Trinajstić information content (AvgIpc) is 1.61. The van der Waals surface area contributed by atoms with Crippen molar-refractivity contribution in [2.75, 3.05) is 0 Å². The van der Waals surface area contributed by atoms with Crippen LogP contribution in [0.25, 0.3) is 148 Å². The van der Waals surface area contributed by atoms with E-state index < -0.39 is 0 Å². The summed E-state index contributed by atoms with van der Waals surface area (Å²) < 4.78 is 3.30. The molecule has 0 unspecified atom stereocenters. The maximum atomic E-state index is 10.0. The first-order chi connectivity index (χ1) is 61.6. The molecule has 15 nitrogen and oxygen atoms in total. The van der Waals surface area contributed by atoms with Crippen molar-refractivity contribution in [1.82, 2.24) is 44.3 Å². The number of benzene rings is 11. The maximum Gasteiger partial charge on any atom is 0.188 e. The molecule has 0 spiro atoms. The van der Waals surface area contributed by atoms with Gasteiger partial charge in [0.05, 0.1) is 49.9 Å². The summed E-state index contributed by atoms with van der Waals surface area (Å²) >= 11 is 1.68. The Morgan fingerprint density at radius 2 is 0.917 bits per heavy atom. The van der Waals surface area contributed by atoms with Crippen LogP contribution in [0, 0.1) is 38.1 Å². The van der Waals surface area contributed by atoms with Crippen molar-refractivity contribution in [2.24, 2.45) is 0 Å². The van der Waals surface area contributed by atoms with Crippen LogP contribution in [0.1, 0.15) is 128 Å². The van der Waals surface area contributed by atoms with E-state index in [0.717, 1.165) is 94.2 Å². The van der Waals surface area contributed by atoms with Crippen LogP contribution in [-0.4, -0.2) is 76.9 Å². The molecule has 11 aromatic carbocycles. The van der Waals surface area contributed by atoms with Crippen LogP contribution in [0.3, 0.4) is 0 Å². The van der Waals surface area contributed by atoms with Crippen molar-refractivity contribution in [3.05, 3.63) is 390 Å². The second-order valence-corrected chi connectivity index (χ2v) is 33.9. The fraction of sp³-hybridized carbons (Fsp3) is 0.152. The number of fused-ring (bicyclic) bond motifs is 18. The number of aliphatic hydroxyl groups is 3. The standard InChI is InChI=1S/2C24H18N.C20H15N4.C17H14N.C12H8N2S.3C5H8O2.5Ir/c1-24(2)20-9-5-4-8-18(20)19-13-11-17(15-21(19)24)23-14-12-16-7-3-6-10-22(16)25-23;1-24(2)21-10-6-5-9-19(21)20-12-11-17(15-22(20)24)23-18-8-4-3-7-16(18)13-14-25-23;1-12(2)13-7-8-17-16(11-13)14-5-3-4-6-15(14)19-23-18-20(24(17)19)22-10-9-21-18;1-12-9-13(2)11-15(10-12)17-8-7-14-5-3-4-6-16(14)18-17;1-2-7-11-9(5-1)14-12(15-11)10-6-3-4-8-13-10;3*1-4(6)3-5(2)7;;;;;/h2*3-10,12-15H,1-2H3;3-5,7-12H,1-2H3;3-10H,1-2H3;1-8H;3*3,6H,1-2H3;;;;;/q4*-1;;;;;;;;;. The smallest absolute Gasteiger partial charge is 0.188 e. The van der Waals surface area contributed by atoms with E-state index in [1.54, 1.807) is 29.9 Å². The van der Waals surface area contributed by atoms with Crippen LogP contribution in [0.5, 0.6) is 0 Å². The number of allylic oxidation sites excluding steroid dienone is 6. The predicted molar refractivity (Wildman–Crippen MR) is 523 cm³/mol. The van der Waals surface area contributed by atoms with Crippen molar-refractivity contribution >= 4 is 110 Å². The second-order valence-electron chi connectivity index (χ2n) is 32.9. The fourth-order valence-electron chi connectivity index (χ4n) is 16.1. The molecule has 2 aliphatic rings. The Balaban J connectivity index is 0.000000177. The van der Waals surface area contributed by atoms with E-state index in [1.165, 1.54) is 147 Å². The topological polar surface area (TPSA) is 219 Å². The fourth-order valence-corrected chi connectivity index (χ4v) is 17.0. The summed E-state index contributed by atoms with van der Waals surface area (Å²) in [4.78, 5) is 66.7. The van der Waals surface area contributed by atoms with Crippen molar-refractivity contribution < 1.29 is 130 Å². The minimum Gasteiger partial charge on any atom is -0.512 e. The van der Waals surface area contributed by atoms with Gasteiger partial charge in [0.1, 0.15) is 5.01 Å². The number of aliphatic hydroxyl groups excluding tert-OH is 3. The number of aryl methyl sites for hydroxylation is 2. The molecule has 0 atom stereocenters. The summed E-state index contributed by atoms with van der Waals surface area (Å²) in [5, 5.41) is 34.2. The van der Waals surface area contributed by atoms with Gasteiger partial charge in [-0.05, 0) is 168 Å². The number of carbonyl (C=O) groups excluding carboxylic acids is 3. The van der Waals surface area contributed by atoms with Crippen LogP contribution in [0.15, 0.2) is 327 Å². The number of nitrogens with zero attached hydrogens (tertiary/aromatic N) is 9. The van der Waals surface area contributed by atoms with E-state index in [9.17, 15) is 14.4 Å². The van der Waals surface area contributed by atoms with Gasteiger partial charge in [0.25, 0.3) is 0 Å². The minimum absolute atomic E-state index is 0. The molecule has 681 valence electrons. The van der Waals surface area contributed by atoms with Gasteiger partial charge in [-0.2, -0.15) is 0 Å². The number of hydrogen-bond donors (Lipinski definition) is 3. The molecule has 21 heteroatoms. The zero-order chi connectivity index (χ0) is 90.5. The molecule has 0 aliphatic heterocycles. The van der Waals surface area contributed by atoms with Crippen LogP contribution in [0.4, 0.5) is 0 Å². The number of imidazole rings is 1. The van der Waals surface area contributed by atoms with Crippen molar-refractivity contribution in [3.63, 3.8) is 0 Å². The zero-order valence-electron chi connectivity index (χ0n) is 75.7. The summed E-state index contributed by atoms with van der Waals surface area (Å²) in [6.07, 6.45) is 10.6. The largest absolute Gasteiger partial charge is 0.512 e. The van der Waals surface area contributed by atoms with E-state index in [0.29, 0.717) is 11.6 Å². The molecule has 21 rings (SSSR count). The number of para-hydroxylation sites is 3. The molecule has 0 fully saturated rings. The van der Waals surface area contributed by atoms with Crippen LogP contribution in [0.2, 0.25) is 0 Å². The van der Waals surface area contributed by atoms with Gasteiger partial charge in [-0.15, -0.1) is 135 Å². The number of thiazole rings is 1. The Hall–Kier alpha value is -11.9. The van der Waals surface area contributed by atoms with Gasteiger partial charge in [0, 0.05) is 149 Å². The predicted octanol–water partition coefficient (Wildman–Crippen LogP) is 27.3. The quantitative estimate of drug-likeness (QED) is 0.0558. The second kappa shape index (κ2) is 47.2. The molecule has 0 saturated heterocycles. The summed E-state index contributed by atoms with van der Waals surface area (Å²) in [5.41, 5.74) is 28.1. The third kappa shape index (κ3) is 25.0. The Morgan fingerprint density at radius 1 is 0.406 bits per heavy atom. The van der Waals surface area contributed by atoms with Crippen LogP contribution in [-0.2, 0) is 126 Å². The molecule has 0 saturated carbocycles. The van der Waals surface area contributed by atoms with Gasteiger partial charge in [-0.1, -0.05) is 247 Å². The van der Waals surface area contributed by atoms with Gasteiger partial charge in [0.15, 0.2) is 28.6 Å². The Labute approximate surface area is 847 Å². The molecule has 3 N–H and O–H groups in total. The van der Waals surface area contributed by atoms with Gasteiger partial charge in [-0.25, -0.2) is 15.0 Å². The molecule has 0 amide bonds. The van der Waals surface area contributed by atoms with E-state index in [4.69, 9.17) is 30.3 Å². The summed E-state index contributed by atoms with van der Waals surface area (Å²) in [5.74, 6) is 0.291. The zero-order valence-corrected chi connectivity index (χ0v) is 88.5. The Kier molecular flexibility index (Phi) is 37.2. The third-order valence-electron chi connectivity index (χ3n) is 21.9. The van der Waals surface area contributed by atoms with Gasteiger partial charge in [-0.3, -0.25) is 34.3 Å². The van der Waals surface area contributed by atoms with Gasteiger partial charge in [0.2, 0.25) is 0 Å². The first kappa shape index (κ1) is 105. The number of ketones is 3. The molecule has 5 radical (unpaired) electrons. The SMILES string of the molecule is CC(=O)C=C(C)O.CC(=O)C=C(C)O.CC(=O)C=C(C)O.CC(C)c1ccc2c(c1)c1ccc[c-]c1c1nc3nccnc3n21.CC1(C)c2ccccc2-c2c[c-]c(-c3ccc4ccccc4n3)cc21.CC1(C)c2ccccc2-c2c[c-]c(-c3nccc4ccccc34)cc21.Cc1[c-]c(-c2ccc3ccccc3n2)cc(C)c1.[Ir].[Ir].[Ir].[Ir].[Ir].c1ccc(-c2nc3ccccc3s2)nc1. The summed E-state index contributed by atoms with van der Waals surface area (Å²) in [6, 6.07) is 106. The van der Waals surface area contributed by atoms with Crippen molar-refractivity contribution in [1.29, 1.82) is 0 Å². The number of rotatable bonds is 8. The summed E-state index contributed by atoms with van der Waals surface area (Å²) in [6.45, 7) is 26.4. The number of pyridine rings is 5. The summed E-state index contributed by atoms with van der Waals surface area (Å²) in [7, 11) is 0. The average molecular weight is 2660 g/mol. The number of hydrogen-bond acceptors (Lipinski definition) is 15. The number of aromatic nitrogens is 9. The van der Waals surface area contributed by atoms with Crippen molar-refractivity contribution in [2.45, 2.75) is 114 Å². The van der Waals surface area contributed by atoms with Crippen LogP contribution >= 0.6 is 11.3 Å². The third-order valence-corrected chi connectivity index (χ3v) is 22.9. The minimum atomic E-state index is -0.125. The Morgan fingerprint density at radius 3 is 1.47 bits per heavy atom. The van der Waals surface area contributed by atoms with E-state index in [-0.39, 0.29) is 146 Å². The Bertz CT molecular complexity index is 7360. The number of carbonyl (C=O) groups is 3. The molecular formula is C112H97Ir5N9O6S-4. The monoisotopic (exact) mass is 2660 g/mol. The maximum absolute atomic E-state index is 10.0. The first-order valence-corrected chi connectivity index (χ1v) is 43.0. The van der Waals surface area contributed by atoms with Gasteiger partial charge >= 0.3 is 0 Å². The first-order valence-electron chi connectivity index (χ1n) is 42.2. The van der Waals surface area contributed by atoms with Crippen LogP contribution < -0.4 is 0 Å². The normalized spacial score (nSPS) is 12.0. The molecule has 19 aromatic rings. The van der Waals surface area contributed by atoms with E-state index >= 15 is 0 Å². The van der Waals surface area contributed by atoms with Gasteiger partial charge < -0.3 is 24.7 Å². The molecule has 0 bridgehead atoms. The molecular weight excluding hydrogens is 2560 g/mol. The molecule has 133 heavy (non-hydrogen) atoms.